The molecule has 1 heterocycles. The monoisotopic (exact) mass is 367 g/mol. The van der Waals surface area contributed by atoms with Crippen LogP contribution < -0.4 is 14.8 Å². The Morgan fingerprint density at radius 3 is 2.37 bits per heavy atom. The van der Waals surface area contributed by atoms with Gasteiger partial charge in [-0.05, 0) is 48.9 Å². The predicted octanol–water partition coefficient (Wildman–Crippen LogP) is 4.28. The summed E-state index contributed by atoms with van der Waals surface area (Å²) in [5.41, 5.74) is 0.992. The van der Waals surface area contributed by atoms with Crippen LogP contribution in [0.1, 0.15) is 24.1 Å². The van der Waals surface area contributed by atoms with Crippen LogP contribution in [0.2, 0.25) is 0 Å². The molecule has 0 bridgehead atoms. The standard InChI is InChI=1S/C20H18FN3O3/c1-2-25-16-7-9-17(10-8-16)26-13-19-24-18(11-22)20(27-19)23-12-14-3-5-15(21)6-4-14/h3-10,23H,2,12-13H2,1H3. The van der Waals surface area contributed by atoms with Crippen LogP contribution in [0.25, 0.3) is 0 Å². The fraction of sp³-hybridized carbons (Fsp3) is 0.200. The van der Waals surface area contributed by atoms with Crippen LogP contribution >= 0.6 is 0 Å². The van der Waals surface area contributed by atoms with Gasteiger partial charge in [-0.3, -0.25) is 0 Å². The number of hydrogen-bond donors (Lipinski definition) is 1. The summed E-state index contributed by atoms with van der Waals surface area (Å²) in [6.45, 7) is 2.98. The molecule has 1 N–H and O–H groups in total. The van der Waals surface area contributed by atoms with Crippen molar-refractivity contribution in [2.75, 3.05) is 11.9 Å². The predicted molar refractivity (Wildman–Crippen MR) is 96.9 cm³/mol. The Hall–Kier alpha value is -3.53. The molecule has 27 heavy (non-hydrogen) atoms. The molecule has 2 aromatic carbocycles. The first-order chi connectivity index (χ1) is 13.2. The molecular formula is C20H18FN3O3. The fourth-order valence-corrected chi connectivity index (χ4v) is 2.35. The maximum Gasteiger partial charge on any atom is 0.236 e. The second kappa shape index (κ2) is 8.72. The number of rotatable bonds is 8. The van der Waals surface area contributed by atoms with Gasteiger partial charge in [0.25, 0.3) is 0 Å². The van der Waals surface area contributed by atoms with Crippen molar-refractivity contribution in [2.24, 2.45) is 0 Å². The molecule has 138 valence electrons. The quantitative estimate of drug-likeness (QED) is 0.640. The molecule has 0 aliphatic heterocycles. The Morgan fingerprint density at radius 2 is 1.74 bits per heavy atom. The van der Waals surface area contributed by atoms with Crippen molar-refractivity contribution < 1.29 is 18.3 Å². The summed E-state index contributed by atoms with van der Waals surface area (Å²) < 4.78 is 29.5. The second-order valence-corrected chi connectivity index (χ2v) is 5.57. The lowest BCUT2D eigenvalue weighted by Gasteiger charge is -2.06. The van der Waals surface area contributed by atoms with Crippen LogP contribution in [0.4, 0.5) is 10.3 Å². The van der Waals surface area contributed by atoms with Crippen molar-refractivity contribution in [3.63, 3.8) is 0 Å². The van der Waals surface area contributed by atoms with Gasteiger partial charge in [-0.2, -0.15) is 10.2 Å². The van der Waals surface area contributed by atoms with Gasteiger partial charge in [-0.15, -0.1) is 0 Å². The molecule has 0 amide bonds. The molecule has 3 aromatic rings. The van der Waals surface area contributed by atoms with Gasteiger partial charge >= 0.3 is 0 Å². The van der Waals surface area contributed by atoms with E-state index in [4.69, 9.17) is 13.9 Å². The number of hydrogen-bond acceptors (Lipinski definition) is 6. The lowest BCUT2D eigenvalue weighted by Crippen LogP contribution is -1.99. The normalized spacial score (nSPS) is 10.3. The van der Waals surface area contributed by atoms with Crippen LogP contribution in [-0.2, 0) is 13.2 Å². The van der Waals surface area contributed by atoms with E-state index in [1.54, 1.807) is 24.3 Å². The van der Waals surface area contributed by atoms with E-state index in [-0.39, 0.29) is 29.9 Å². The summed E-state index contributed by atoms with van der Waals surface area (Å²) in [5, 5.41) is 12.2. The third-order valence-corrected chi connectivity index (χ3v) is 3.64. The van der Waals surface area contributed by atoms with Crippen molar-refractivity contribution in [2.45, 2.75) is 20.1 Å². The molecule has 0 unspecified atom stereocenters. The molecule has 1 aromatic heterocycles. The largest absolute Gasteiger partial charge is 0.494 e. The van der Waals surface area contributed by atoms with Crippen LogP contribution in [-0.4, -0.2) is 11.6 Å². The number of aromatic nitrogens is 1. The number of nitrogens with one attached hydrogen (secondary N) is 1. The van der Waals surface area contributed by atoms with E-state index in [0.29, 0.717) is 18.9 Å². The molecule has 0 fully saturated rings. The summed E-state index contributed by atoms with van der Waals surface area (Å²) >= 11 is 0. The van der Waals surface area contributed by atoms with E-state index in [0.717, 1.165) is 11.3 Å². The number of oxazole rings is 1. The minimum atomic E-state index is -0.301. The van der Waals surface area contributed by atoms with E-state index in [9.17, 15) is 9.65 Å². The van der Waals surface area contributed by atoms with Crippen molar-refractivity contribution >= 4 is 5.88 Å². The van der Waals surface area contributed by atoms with Gasteiger partial charge in [0.05, 0.1) is 6.61 Å². The molecule has 0 saturated heterocycles. The zero-order valence-corrected chi connectivity index (χ0v) is 14.7. The topological polar surface area (TPSA) is 80.3 Å². The second-order valence-electron chi connectivity index (χ2n) is 5.57. The Morgan fingerprint density at radius 1 is 1.07 bits per heavy atom. The maximum atomic E-state index is 12.9. The Bertz CT molecular complexity index is 915. The molecule has 0 atom stereocenters. The first kappa shape index (κ1) is 18.3. The zero-order chi connectivity index (χ0) is 19.1. The lowest BCUT2D eigenvalue weighted by molar-refractivity contribution is 0.264. The van der Waals surface area contributed by atoms with Crippen molar-refractivity contribution in [3.8, 4) is 17.6 Å². The van der Waals surface area contributed by atoms with E-state index in [2.05, 4.69) is 10.3 Å². The Balaban J connectivity index is 1.60. The highest BCUT2D eigenvalue weighted by atomic mass is 19.1. The molecular weight excluding hydrogens is 349 g/mol. The fourth-order valence-electron chi connectivity index (χ4n) is 2.35. The van der Waals surface area contributed by atoms with Crippen LogP contribution in [0.5, 0.6) is 11.5 Å². The van der Waals surface area contributed by atoms with E-state index >= 15 is 0 Å². The van der Waals surface area contributed by atoms with Gasteiger partial charge in [0, 0.05) is 6.54 Å². The van der Waals surface area contributed by atoms with Gasteiger partial charge < -0.3 is 19.2 Å². The van der Waals surface area contributed by atoms with E-state index in [1.165, 1.54) is 12.1 Å². The highest BCUT2D eigenvalue weighted by molar-refractivity contribution is 5.45. The van der Waals surface area contributed by atoms with Gasteiger partial charge in [0.1, 0.15) is 23.4 Å². The number of anilines is 1. The highest BCUT2D eigenvalue weighted by Crippen LogP contribution is 2.21. The third-order valence-electron chi connectivity index (χ3n) is 3.64. The smallest absolute Gasteiger partial charge is 0.236 e. The van der Waals surface area contributed by atoms with E-state index in [1.807, 2.05) is 25.1 Å². The first-order valence-corrected chi connectivity index (χ1v) is 8.41. The van der Waals surface area contributed by atoms with E-state index < -0.39 is 0 Å². The molecule has 0 saturated carbocycles. The van der Waals surface area contributed by atoms with Crippen molar-refractivity contribution in [1.82, 2.24) is 4.98 Å². The van der Waals surface area contributed by atoms with Crippen molar-refractivity contribution in [1.29, 1.82) is 5.26 Å². The summed E-state index contributed by atoms with van der Waals surface area (Å²) in [6, 6.07) is 15.2. The minimum Gasteiger partial charge on any atom is -0.494 e. The van der Waals surface area contributed by atoms with Gasteiger partial charge in [-0.1, -0.05) is 12.1 Å². The first-order valence-electron chi connectivity index (χ1n) is 8.41. The molecule has 0 aliphatic rings. The number of nitriles is 1. The van der Waals surface area contributed by atoms with Crippen LogP contribution in [0.15, 0.2) is 52.9 Å². The van der Waals surface area contributed by atoms with Gasteiger partial charge in [0.2, 0.25) is 17.5 Å². The number of benzene rings is 2. The van der Waals surface area contributed by atoms with Crippen molar-refractivity contribution in [3.05, 3.63) is 71.5 Å². The molecule has 0 aliphatic carbocycles. The number of halogens is 1. The van der Waals surface area contributed by atoms with Crippen LogP contribution in [0.3, 0.4) is 0 Å². The summed E-state index contributed by atoms with van der Waals surface area (Å²) in [4.78, 5) is 4.12. The summed E-state index contributed by atoms with van der Waals surface area (Å²) in [6.07, 6.45) is 0. The summed E-state index contributed by atoms with van der Waals surface area (Å²) in [7, 11) is 0. The van der Waals surface area contributed by atoms with Gasteiger partial charge in [-0.25, -0.2) is 4.39 Å². The zero-order valence-electron chi connectivity index (χ0n) is 14.7. The minimum absolute atomic E-state index is 0.0842. The average Bonchev–Trinajstić information content (AvgIpc) is 3.09. The number of nitrogens with zero attached hydrogens (tertiary/aromatic N) is 2. The number of ether oxygens (including phenoxy) is 2. The average molecular weight is 367 g/mol. The molecule has 0 spiro atoms. The highest BCUT2D eigenvalue weighted by Gasteiger charge is 2.13. The van der Waals surface area contributed by atoms with Gasteiger partial charge in [0.15, 0.2) is 6.61 Å². The third kappa shape index (κ3) is 4.98. The molecule has 3 rings (SSSR count). The molecule has 6 nitrogen and oxygen atoms in total. The summed E-state index contributed by atoms with van der Waals surface area (Å²) in [5.74, 6) is 1.63. The molecule has 7 heteroatoms. The Kier molecular flexibility index (Phi) is 5.90. The molecule has 0 radical (unpaired) electrons. The Labute approximate surface area is 156 Å². The SMILES string of the molecule is CCOc1ccc(OCc2nc(C#N)c(NCc3ccc(F)cc3)o2)cc1. The van der Waals surface area contributed by atoms with Crippen LogP contribution in [0, 0.1) is 17.1 Å². The maximum absolute atomic E-state index is 12.9. The lowest BCUT2D eigenvalue weighted by atomic mass is 10.2.